The van der Waals surface area contributed by atoms with Crippen LogP contribution in [0.2, 0.25) is 5.02 Å². The number of allylic oxidation sites excluding steroid dienone is 1. The van der Waals surface area contributed by atoms with Crippen LogP contribution in [0.25, 0.3) is 6.08 Å². The van der Waals surface area contributed by atoms with Crippen LogP contribution in [0, 0.1) is 0 Å². The Bertz CT molecular complexity index is 1170. The largest absolute Gasteiger partial charge is 0.318 e. The molecule has 0 fully saturated rings. The van der Waals surface area contributed by atoms with E-state index in [0.29, 0.717) is 27.6 Å². The molecule has 142 valence electrons. The molecule has 5 heteroatoms. The highest BCUT2D eigenvalue weighted by Gasteiger charge is 2.40. The first-order valence-corrected chi connectivity index (χ1v) is 10.5. The van der Waals surface area contributed by atoms with Crippen molar-refractivity contribution in [2.45, 2.75) is 11.9 Å². The van der Waals surface area contributed by atoms with Crippen LogP contribution in [0.3, 0.4) is 0 Å². The number of halogens is 1. The van der Waals surface area contributed by atoms with E-state index in [-0.39, 0.29) is 17.1 Å². The maximum atomic E-state index is 13.4. The fourth-order valence-corrected chi connectivity index (χ4v) is 5.22. The van der Waals surface area contributed by atoms with Gasteiger partial charge in [-0.15, -0.1) is 0 Å². The lowest BCUT2D eigenvalue weighted by Gasteiger charge is -2.29. The van der Waals surface area contributed by atoms with Gasteiger partial charge in [-0.2, -0.15) is 0 Å². The zero-order valence-electron chi connectivity index (χ0n) is 15.3. The summed E-state index contributed by atoms with van der Waals surface area (Å²) in [4.78, 5) is 29.0. The Morgan fingerprint density at radius 1 is 0.897 bits per heavy atom. The fraction of sp³-hybridized carbons (Fsp3) is 0.0833. The lowest BCUT2D eigenvalue weighted by Crippen LogP contribution is -2.29. The molecule has 29 heavy (non-hydrogen) atoms. The van der Waals surface area contributed by atoms with Gasteiger partial charge in [0.2, 0.25) is 0 Å². The average molecular weight is 418 g/mol. The summed E-state index contributed by atoms with van der Waals surface area (Å²) >= 11 is 7.44. The van der Waals surface area contributed by atoms with Crippen molar-refractivity contribution in [3.05, 3.63) is 111 Å². The van der Waals surface area contributed by atoms with Gasteiger partial charge in [-0.1, -0.05) is 78.0 Å². The Hall–Kier alpha value is -2.82. The molecule has 1 amide bonds. The van der Waals surface area contributed by atoms with Gasteiger partial charge in [0.15, 0.2) is 5.78 Å². The van der Waals surface area contributed by atoms with Crippen LogP contribution in [0.15, 0.2) is 77.7 Å². The number of thioether (sulfide) groups is 1. The number of amides is 1. The molecule has 0 N–H and O–H groups in total. The van der Waals surface area contributed by atoms with Gasteiger partial charge in [0.05, 0.1) is 4.91 Å². The topological polar surface area (TPSA) is 37.4 Å². The van der Waals surface area contributed by atoms with Crippen LogP contribution < -0.4 is 0 Å². The number of hydrogen-bond acceptors (Lipinski definition) is 3. The number of carbonyl (C=O) groups excluding carboxylic acids is 2. The number of rotatable bonds is 1. The Balaban J connectivity index is 1.67. The molecule has 1 atom stereocenters. The molecule has 3 nitrogen and oxygen atoms in total. The number of Topliss-reactive ketones (excluding diaryl/α,β-unsaturated/α-hetero) is 1. The molecule has 0 spiro atoms. The molecule has 2 aliphatic heterocycles. The molecule has 0 aromatic heterocycles. The summed E-state index contributed by atoms with van der Waals surface area (Å²) in [6.45, 7) is 0.418. The molecule has 3 aromatic rings. The fourth-order valence-electron chi connectivity index (χ4n) is 3.80. The maximum absolute atomic E-state index is 13.4. The van der Waals surface area contributed by atoms with Crippen molar-refractivity contribution in [3.63, 3.8) is 0 Å². The van der Waals surface area contributed by atoms with Crippen molar-refractivity contribution in [2.75, 3.05) is 0 Å². The smallest absolute Gasteiger partial charge is 0.255 e. The minimum absolute atomic E-state index is 0.00750. The second-order valence-corrected chi connectivity index (χ2v) is 8.60. The maximum Gasteiger partial charge on any atom is 0.255 e. The lowest BCUT2D eigenvalue weighted by molar-refractivity contribution is 0.0758. The number of nitrogens with zero attached hydrogens (tertiary/aromatic N) is 1. The molecule has 2 aliphatic rings. The molecule has 0 bridgehead atoms. The summed E-state index contributed by atoms with van der Waals surface area (Å²) < 4.78 is 0. The van der Waals surface area contributed by atoms with Gasteiger partial charge in [-0.3, -0.25) is 9.59 Å². The normalized spacial score (nSPS) is 19.4. The molecular weight excluding hydrogens is 402 g/mol. The molecule has 0 saturated heterocycles. The lowest BCUT2D eigenvalue weighted by atomic mass is 10.0. The highest BCUT2D eigenvalue weighted by molar-refractivity contribution is 8.04. The Morgan fingerprint density at radius 3 is 2.38 bits per heavy atom. The minimum Gasteiger partial charge on any atom is -0.318 e. The third kappa shape index (κ3) is 3.18. The first-order chi connectivity index (χ1) is 14.1. The summed E-state index contributed by atoms with van der Waals surface area (Å²) in [5, 5.41) is 0.421. The van der Waals surface area contributed by atoms with E-state index in [2.05, 4.69) is 0 Å². The molecule has 1 unspecified atom stereocenters. The van der Waals surface area contributed by atoms with E-state index in [4.69, 9.17) is 11.6 Å². The average Bonchev–Trinajstić information content (AvgIpc) is 2.99. The summed E-state index contributed by atoms with van der Waals surface area (Å²) in [6, 6.07) is 22.6. The van der Waals surface area contributed by atoms with Gasteiger partial charge in [0.25, 0.3) is 5.91 Å². The van der Waals surface area contributed by atoms with Crippen molar-refractivity contribution >= 4 is 41.1 Å². The minimum atomic E-state index is -0.227. The van der Waals surface area contributed by atoms with Crippen LogP contribution in [-0.4, -0.2) is 16.6 Å². The van der Waals surface area contributed by atoms with Gasteiger partial charge < -0.3 is 4.90 Å². The van der Waals surface area contributed by atoms with Crippen molar-refractivity contribution in [3.8, 4) is 0 Å². The van der Waals surface area contributed by atoms with E-state index in [9.17, 15) is 9.59 Å². The van der Waals surface area contributed by atoms with E-state index in [0.717, 1.165) is 16.7 Å². The molecule has 0 radical (unpaired) electrons. The SMILES string of the molecule is O=C1C(=Cc2ccc(Cl)cc2)SC2c3ccccc3C(=O)N2Cc2ccccc21. The predicted molar refractivity (Wildman–Crippen MR) is 117 cm³/mol. The second-order valence-electron chi connectivity index (χ2n) is 7.04. The van der Waals surface area contributed by atoms with Gasteiger partial charge in [-0.05, 0) is 41.0 Å². The van der Waals surface area contributed by atoms with Crippen LogP contribution in [0.1, 0.15) is 42.8 Å². The predicted octanol–water partition coefficient (Wildman–Crippen LogP) is 5.97. The highest BCUT2D eigenvalue weighted by Crippen LogP contribution is 2.48. The van der Waals surface area contributed by atoms with E-state index >= 15 is 0 Å². The van der Waals surface area contributed by atoms with Gasteiger partial charge >= 0.3 is 0 Å². The van der Waals surface area contributed by atoms with Crippen LogP contribution in [0.4, 0.5) is 0 Å². The Morgan fingerprint density at radius 2 is 1.59 bits per heavy atom. The number of hydrogen-bond donors (Lipinski definition) is 0. The van der Waals surface area contributed by atoms with Crippen LogP contribution in [0.5, 0.6) is 0 Å². The molecule has 0 aliphatic carbocycles. The Labute approximate surface area is 178 Å². The highest BCUT2D eigenvalue weighted by atomic mass is 35.5. The first-order valence-electron chi connectivity index (χ1n) is 9.28. The van der Waals surface area contributed by atoms with Gasteiger partial charge in [-0.25, -0.2) is 0 Å². The number of ketones is 1. The quantitative estimate of drug-likeness (QED) is 0.458. The van der Waals surface area contributed by atoms with Crippen molar-refractivity contribution in [1.29, 1.82) is 0 Å². The molecule has 5 rings (SSSR count). The standard InChI is InChI=1S/C24H16ClNO2S/c25-17-11-9-15(10-12-17)13-21-22(27)18-6-2-1-5-16(18)14-26-23(28)19-7-3-4-8-20(19)24(26)29-21/h1-13,24H,14H2. The zero-order chi connectivity index (χ0) is 20.0. The van der Waals surface area contributed by atoms with E-state index in [1.807, 2.05) is 71.6 Å². The van der Waals surface area contributed by atoms with Gasteiger partial charge in [0, 0.05) is 22.7 Å². The molecule has 0 saturated carbocycles. The third-order valence-corrected chi connectivity index (χ3v) is 6.77. The zero-order valence-corrected chi connectivity index (χ0v) is 16.9. The molecule has 3 aromatic carbocycles. The second kappa shape index (κ2) is 7.21. The summed E-state index contributed by atoms with van der Waals surface area (Å²) in [6.07, 6.45) is 1.88. The van der Waals surface area contributed by atoms with Crippen LogP contribution in [-0.2, 0) is 6.54 Å². The van der Waals surface area contributed by atoms with E-state index < -0.39 is 0 Å². The monoisotopic (exact) mass is 417 g/mol. The summed E-state index contributed by atoms with van der Waals surface area (Å²) in [5.74, 6) is -0.00914. The van der Waals surface area contributed by atoms with Crippen molar-refractivity contribution in [1.82, 2.24) is 4.90 Å². The van der Waals surface area contributed by atoms with Crippen molar-refractivity contribution in [2.24, 2.45) is 0 Å². The third-order valence-electron chi connectivity index (χ3n) is 5.23. The number of carbonyl (C=O) groups is 2. The summed E-state index contributed by atoms with van der Waals surface area (Å²) in [7, 11) is 0. The number of fused-ring (bicyclic) bond motifs is 4. The first kappa shape index (κ1) is 18.2. The Kier molecular flexibility index (Phi) is 4.53. The van der Waals surface area contributed by atoms with Crippen molar-refractivity contribution < 1.29 is 9.59 Å². The van der Waals surface area contributed by atoms with Gasteiger partial charge in [0.1, 0.15) is 5.37 Å². The van der Waals surface area contributed by atoms with E-state index in [1.54, 1.807) is 12.1 Å². The molecular formula is C24H16ClNO2S. The van der Waals surface area contributed by atoms with Crippen LogP contribution >= 0.6 is 23.4 Å². The molecule has 2 heterocycles. The summed E-state index contributed by atoms with van der Waals surface area (Å²) in [5.41, 5.74) is 4.07. The van der Waals surface area contributed by atoms with E-state index in [1.165, 1.54) is 11.8 Å². The number of benzene rings is 3.